The van der Waals surface area contributed by atoms with Crippen LogP contribution < -0.4 is 5.32 Å². The molecule has 130 valence electrons. The van der Waals surface area contributed by atoms with Crippen LogP contribution in [-0.2, 0) is 16.1 Å². The smallest absolute Gasteiger partial charge is 0.310 e. The Hall–Kier alpha value is -2.69. The van der Waals surface area contributed by atoms with Gasteiger partial charge >= 0.3 is 5.97 Å². The van der Waals surface area contributed by atoms with Crippen molar-refractivity contribution in [2.45, 2.75) is 26.8 Å². The van der Waals surface area contributed by atoms with Gasteiger partial charge in [0.2, 0.25) is 5.91 Å². The first-order valence-electron chi connectivity index (χ1n) is 8.46. The number of pyridine rings is 1. The summed E-state index contributed by atoms with van der Waals surface area (Å²) in [7, 11) is 0. The fourth-order valence-corrected chi connectivity index (χ4v) is 3.51. The number of carboxylic acids is 1. The molecular formula is C20H22N2O3. The van der Waals surface area contributed by atoms with Gasteiger partial charge in [-0.25, -0.2) is 0 Å². The quantitative estimate of drug-likeness (QED) is 0.848. The molecule has 0 unspecified atom stereocenters. The number of aromatic nitrogens is 1. The number of aliphatic carboxylic acids is 1. The van der Waals surface area contributed by atoms with Crippen LogP contribution in [0.15, 0.2) is 48.8 Å². The molecule has 1 fully saturated rings. The van der Waals surface area contributed by atoms with Crippen molar-refractivity contribution in [1.82, 2.24) is 10.3 Å². The van der Waals surface area contributed by atoms with Gasteiger partial charge in [-0.05, 0) is 29.5 Å². The average molecular weight is 338 g/mol. The van der Waals surface area contributed by atoms with Crippen LogP contribution >= 0.6 is 0 Å². The van der Waals surface area contributed by atoms with E-state index in [9.17, 15) is 14.7 Å². The number of carboxylic acid groups (broad SMARTS) is 1. The highest BCUT2D eigenvalue weighted by Crippen LogP contribution is 2.58. The third-order valence-electron chi connectivity index (χ3n) is 5.19. The summed E-state index contributed by atoms with van der Waals surface area (Å²) >= 11 is 0. The molecule has 2 N–H and O–H groups in total. The third-order valence-corrected chi connectivity index (χ3v) is 5.19. The van der Waals surface area contributed by atoms with E-state index < -0.39 is 17.3 Å². The number of carbonyl (C=O) groups excluding carboxylic acids is 1. The zero-order valence-corrected chi connectivity index (χ0v) is 14.4. The van der Waals surface area contributed by atoms with Gasteiger partial charge in [0.1, 0.15) is 0 Å². The second-order valence-corrected chi connectivity index (χ2v) is 6.87. The number of hydrogen-bond donors (Lipinski definition) is 2. The summed E-state index contributed by atoms with van der Waals surface area (Å²) in [5, 5.41) is 12.4. The van der Waals surface area contributed by atoms with E-state index in [0.717, 1.165) is 16.7 Å². The maximum Gasteiger partial charge on any atom is 0.310 e. The second-order valence-electron chi connectivity index (χ2n) is 6.87. The molecule has 0 bridgehead atoms. The lowest BCUT2D eigenvalue weighted by Gasteiger charge is -2.16. The molecule has 1 saturated carbocycles. The lowest BCUT2D eigenvalue weighted by molar-refractivity contribution is -0.147. The molecule has 0 spiro atoms. The molecule has 2 atom stereocenters. The van der Waals surface area contributed by atoms with Crippen LogP contribution in [-0.4, -0.2) is 22.0 Å². The Bertz CT molecular complexity index is 789. The Morgan fingerprint density at radius 1 is 1.28 bits per heavy atom. The molecule has 0 aliphatic heterocycles. The van der Waals surface area contributed by atoms with Crippen molar-refractivity contribution in [2.24, 2.45) is 17.3 Å². The zero-order valence-electron chi connectivity index (χ0n) is 14.4. The Morgan fingerprint density at radius 3 is 2.64 bits per heavy atom. The Labute approximate surface area is 147 Å². The van der Waals surface area contributed by atoms with Crippen LogP contribution in [0.1, 0.15) is 25.8 Å². The van der Waals surface area contributed by atoms with E-state index in [4.69, 9.17) is 0 Å². The van der Waals surface area contributed by atoms with Crippen LogP contribution in [0.3, 0.4) is 0 Å². The molecule has 0 saturated heterocycles. The number of hydrogen-bond acceptors (Lipinski definition) is 3. The third kappa shape index (κ3) is 3.14. The van der Waals surface area contributed by atoms with Gasteiger partial charge in [-0.2, -0.15) is 0 Å². The summed E-state index contributed by atoms with van der Waals surface area (Å²) in [6, 6.07) is 11.7. The number of carbonyl (C=O) groups is 2. The van der Waals surface area contributed by atoms with Crippen molar-refractivity contribution >= 4 is 11.9 Å². The highest BCUT2D eigenvalue weighted by Gasteiger charge is 2.65. The standard InChI is InChI=1S/C20H22N2O3/c1-13(2)20(19(24)25)10-17(20)18(23)22-12-15-6-3-4-8-16(15)14-7-5-9-21-11-14/h3-9,11,13,17H,10,12H2,1-2H3,(H,22,23)(H,24,25)/t17-,20+/m0/s1. The van der Waals surface area contributed by atoms with E-state index in [2.05, 4.69) is 10.3 Å². The van der Waals surface area contributed by atoms with Gasteiger partial charge in [0, 0.05) is 24.5 Å². The topological polar surface area (TPSA) is 79.3 Å². The summed E-state index contributed by atoms with van der Waals surface area (Å²) in [6.45, 7) is 4.09. The molecule has 1 heterocycles. The van der Waals surface area contributed by atoms with Crippen molar-refractivity contribution in [3.05, 3.63) is 54.4 Å². The minimum atomic E-state index is -0.910. The zero-order chi connectivity index (χ0) is 18.0. The normalized spacial score (nSPS) is 21.8. The van der Waals surface area contributed by atoms with E-state index in [1.165, 1.54) is 0 Å². The highest BCUT2D eigenvalue weighted by atomic mass is 16.4. The largest absolute Gasteiger partial charge is 0.481 e. The Balaban J connectivity index is 1.72. The monoisotopic (exact) mass is 338 g/mol. The van der Waals surface area contributed by atoms with E-state index in [-0.39, 0.29) is 11.8 Å². The van der Waals surface area contributed by atoms with Gasteiger partial charge in [0.05, 0.1) is 11.3 Å². The first-order valence-corrected chi connectivity index (χ1v) is 8.46. The van der Waals surface area contributed by atoms with Gasteiger partial charge in [0.25, 0.3) is 0 Å². The van der Waals surface area contributed by atoms with Crippen LogP contribution in [0.5, 0.6) is 0 Å². The summed E-state index contributed by atoms with van der Waals surface area (Å²) in [4.78, 5) is 28.2. The summed E-state index contributed by atoms with van der Waals surface area (Å²) < 4.78 is 0. The fraction of sp³-hybridized carbons (Fsp3) is 0.350. The predicted molar refractivity (Wildman–Crippen MR) is 94.5 cm³/mol. The van der Waals surface area contributed by atoms with Crippen LogP contribution in [0.2, 0.25) is 0 Å². The van der Waals surface area contributed by atoms with Crippen LogP contribution in [0.4, 0.5) is 0 Å². The average Bonchev–Trinajstić information content (AvgIpc) is 3.38. The highest BCUT2D eigenvalue weighted by molar-refractivity contribution is 5.93. The minimum Gasteiger partial charge on any atom is -0.481 e. The molecule has 0 radical (unpaired) electrons. The van der Waals surface area contributed by atoms with Gasteiger partial charge in [-0.3, -0.25) is 14.6 Å². The van der Waals surface area contributed by atoms with E-state index in [0.29, 0.717) is 13.0 Å². The number of amides is 1. The lowest BCUT2D eigenvalue weighted by Crippen LogP contribution is -2.32. The summed E-state index contributed by atoms with van der Waals surface area (Å²) in [5.74, 6) is -1.57. The molecule has 1 aliphatic rings. The van der Waals surface area contributed by atoms with E-state index >= 15 is 0 Å². The molecule has 1 aliphatic carbocycles. The van der Waals surface area contributed by atoms with Crippen LogP contribution in [0.25, 0.3) is 11.1 Å². The maximum atomic E-state index is 12.5. The molecule has 2 aromatic rings. The van der Waals surface area contributed by atoms with Crippen molar-refractivity contribution in [3.63, 3.8) is 0 Å². The predicted octanol–water partition coefficient (Wildman–Crippen LogP) is 3.11. The van der Waals surface area contributed by atoms with Gasteiger partial charge in [-0.1, -0.05) is 44.2 Å². The van der Waals surface area contributed by atoms with Gasteiger partial charge in [0.15, 0.2) is 0 Å². The molecular weight excluding hydrogens is 316 g/mol. The first-order chi connectivity index (χ1) is 12.0. The molecule has 5 heteroatoms. The lowest BCUT2D eigenvalue weighted by atomic mass is 9.89. The van der Waals surface area contributed by atoms with Gasteiger partial charge in [-0.15, -0.1) is 0 Å². The van der Waals surface area contributed by atoms with E-state index in [1.54, 1.807) is 12.4 Å². The minimum absolute atomic E-state index is 0.0663. The van der Waals surface area contributed by atoms with Crippen molar-refractivity contribution in [3.8, 4) is 11.1 Å². The number of nitrogens with one attached hydrogen (secondary N) is 1. The Morgan fingerprint density at radius 2 is 2.04 bits per heavy atom. The van der Waals surface area contributed by atoms with Crippen molar-refractivity contribution in [1.29, 1.82) is 0 Å². The molecule has 1 aromatic heterocycles. The SMILES string of the molecule is CC(C)[C@]1(C(=O)O)C[C@H]1C(=O)NCc1ccccc1-c1cccnc1. The maximum absolute atomic E-state index is 12.5. The van der Waals surface area contributed by atoms with Gasteiger partial charge < -0.3 is 10.4 Å². The molecule has 1 amide bonds. The first kappa shape index (κ1) is 17.1. The molecule has 25 heavy (non-hydrogen) atoms. The summed E-state index contributed by atoms with van der Waals surface area (Å²) in [5.41, 5.74) is 2.07. The number of rotatable bonds is 6. The fourth-order valence-electron chi connectivity index (χ4n) is 3.51. The number of benzene rings is 1. The van der Waals surface area contributed by atoms with Crippen molar-refractivity contribution < 1.29 is 14.7 Å². The molecule has 3 rings (SSSR count). The Kier molecular flexibility index (Phi) is 4.57. The number of nitrogens with zero attached hydrogens (tertiary/aromatic N) is 1. The molecule has 5 nitrogen and oxygen atoms in total. The molecule has 1 aromatic carbocycles. The van der Waals surface area contributed by atoms with Crippen LogP contribution in [0, 0.1) is 17.3 Å². The second kappa shape index (κ2) is 6.67. The van der Waals surface area contributed by atoms with Crippen molar-refractivity contribution in [2.75, 3.05) is 0 Å². The summed E-state index contributed by atoms with van der Waals surface area (Å²) in [6.07, 6.45) is 3.92. The van der Waals surface area contributed by atoms with E-state index in [1.807, 2.05) is 50.2 Å².